The van der Waals surface area contributed by atoms with Crippen LogP contribution >= 0.6 is 0 Å². The molecule has 0 atom stereocenters. The summed E-state index contributed by atoms with van der Waals surface area (Å²) in [6.45, 7) is 10.4. The molecule has 0 unspecified atom stereocenters. The van der Waals surface area contributed by atoms with E-state index in [2.05, 4.69) is 6.92 Å². The Morgan fingerprint density at radius 1 is 1.07 bits per heavy atom. The molecule has 0 saturated carbocycles. The normalized spacial score (nSPS) is 16.2. The first-order valence-corrected chi connectivity index (χ1v) is 11.6. The molecule has 7 nitrogen and oxygen atoms in total. The number of hydrogen-bond acceptors (Lipinski definition) is 5. The Balaban J connectivity index is 2.00. The van der Waals surface area contributed by atoms with E-state index in [1.165, 1.54) is 28.6 Å². The molecular formula is C21H32N2O5S. The van der Waals surface area contributed by atoms with Gasteiger partial charge in [-0.25, -0.2) is 13.2 Å². The van der Waals surface area contributed by atoms with Crippen molar-refractivity contribution in [1.29, 1.82) is 0 Å². The molecule has 1 fully saturated rings. The zero-order valence-corrected chi connectivity index (χ0v) is 18.7. The first-order valence-electron chi connectivity index (χ1n) is 10.1. The van der Waals surface area contributed by atoms with E-state index in [-0.39, 0.29) is 35.1 Å². The maximum atomic E-state index is 12.8. The van der Waals surface area contributed by atoms with Crippen LogP contribution in [0.3, 0.4) is 0 Å². The molecule has 1 saturated heterocycles. The second-order valence-electron chi connectivity index (χ2n) is 8.18. The molecule has 0 bridgehead atoms. The number of esters is 1. The Kier molecular flexibility index (Phi) is 7.82. The summed E-state index contributed by atoms with van der Waals surface area (Å²) in [5, 5.41) is 0. The third-order valence-corrected chi connectivity index (χ3v) is 7.11. The topological polar surface area (TPSA) is 84.0 Å². The van der Waals surface area contributed by atoms with Crippen molar-refractivity contribution in [3.63, 3.8) is 0 Å². The predicted octanol–water partition coefficient (Wildman–Crippen LogP) is 2.91. The smallest absolute Gasteiger partial charge is 0.338 e. The summed E-state index contributed by atoms with van der Waals surface area (Å²) in [7, 11) is -3.56. The van der Waals surface area contributed by atoms with Gasteiger partial charge in [-0.05, 0) is 70.7 Å². The van der Waals surface area contributed by atoms with Crippen LogP contribution in [0.2, 0.25) is 0 Å². The highest BCUT2D eigenvalue weighted by molar-refractivity contribution is 7.89. The third kappa shape index (κ3) is 5.79. The molecule has 0 radical (unpaired) electrons. The van der Waals surface area contributed by atoms with E-state index < -0.39 is 16.0 Å². The van der Waals surface area contributed by atoms with E-state index in [1.807, 2.05) is 27.7 Å². The maximum Gasteiger partial charge on any atom is 0.338 e. The van der Waals surface area contributed by atoms with Crippen molar-refractivity contribution in [2.24, 2.45) is 5.92 Å². The fraction of sp³-hybridized carbons (Fsp3) is 0.619. The van der Waals surface area contributed by atoms with Crippen LogP contribution in [0.15, 0.2) is 29.2 Å². The quantitative estimate of drug-likeness (QED) is 0.629. The second kappa shape index (κ2) is 9.71. The number of nitrogens with zero attached hydrogens (tertiary/aromatic N) is 2. The first kappa shape index (κ1) is 23.3. The van der Waals surface area contributed by atoms with Crippen molar-refractivity contribution < 1.29 is 22.7 Å². The molecule has 1 amide bonds. The summed E-state index contributed by atoms with van der Waals surface area (Å²) in [4.78, 5) is 26.4. The lowest BCUT2D eigenvalue weighted by Gasteiger charge is -2.30. The molecule has 1 aromatic rings. The molecular weight excluding hydrogens is 392 g/mol. The fourth-order valence-corrected chi connectivity index (χ4v) is 5.06. The molecule has 0 aromatic heterocycles. The van der Waals surface area contributed by atoms with Gasteiger partial charge in [-0.1, -0.05) is 6.92 Å². The van der Waals surface area contributed by atoms with E-state index in [1.54, 1.807) is 4.90 Å². The molecule has 0 spiro atoms. The van der Waals surface area contributed by atoms with E-state index in [0.717, 1.165) is 12.8 Å². The van der Waals surface area contributed by atoms with Crippen molar-refractivity contribution in [3.05, 3.63) is 29.8 Å². The van der Waals surface area contributed by atoms with E-state index in [9.17, 15) is 18.0 Å². The van der Waals surface area contributed by atoms with Gasteiger partial charge in [0, 0.05) is 25.2 Å². The van der Waals surface area contributed by atoms with Crippen LogP contribution in [0.25, 0.3) is 0 Å². The Hall–Kier alpha value is -1.93. The van der Waals surface area contributed by atoms with Gasteiger partial charge in [0.2, 0.25) is 10.0 Å². The highest BCUT2D eigenvalue weighted by Crippen LogP contribution is 2.23. The zero-order valence-electron chi connectivity index (χ0n) is 17.9. The largest absolute Gasteiger partial charge is 0.452 e. The standard InChI is InChI=1S/C21H32N2O5S/c1-15(2)23(16(3)4)20(24)14-28-21(25)18-6-8-19(9-7-18)29(26,27)22-12-10-17(5)11-13-22/h6-9,15-17H,10-14H2,1-5H3. The van der Waals surface area contributed by atoms with Gasteiger partial charge in [0.1, 0.15) is 0 Å². The zero-order chi connectivity index (χ0) is 21.8. The van der Waals surface area contributed by atoms with Crippen LogP contribution < -0.4 is 0 Å². The maximum absolute atomic E-state index is 12.8. The van der Waals surface area contributed by atoms with Gasteiger partial charge in [0.05, 0.1) is 10.5 Å². The fourth-order valence-electron chi connectivity index (χ4n) is 3.59. The molecule has 29 heavy (non-hydrogen) atoms. The second-order valence-corrected chi connectivity index (χ2v) is 10.1. The van der Waals surface area contributed by atoms with Crippen LogP contribution in [0.1, 0.15) is 57.8 Å². The average molecular weight is 425 g/mol. The van der Waals surface area contributed by atoms with Crippen molar-refractivity contribution in [2.45, 2.75) is 64.4 Å². The SMILES string of the molecule is CC1CCN(S(=O)(=O)c2ccc(C(=O)OCC(=O)N(C(C)C)C(C)C)cc2)CC1. The number of amides is 1. The van der Waals surface area contributed by atoms with Gasteiger partial charge in [-0.15, -0.1) is 0 Å². The number of sulfonamides is 1. The van der Waals surface area contributed by atoms with Crippen molar-refractivity contribution in [2.75, 3.05) is 19.7 Å². The Morgan fingerprint density at radius 2 is 1.59 bits per heavy atom. The molecule has 162 valence electrons. The van der Waals surface area contributed by atoms with Crippen molar-refractivity contribution >= 4 is 21.9 Å². The Morgan fingerprint density at radius 3 is 2.07 bits per heavy atom. The number of benzene rings is 1. The van der Waals surface area contributed by atoms with Crippen molar-refractivity contribution in [3.8, 4) is 0 Å². The van der Waals surface area contributed by atoms with Crippen LogP contribution in [0.4, 0.5) is 0 Å². The van der Waals surface area contributed by atoms with Crippen LogP contribution in [-0.4, -0.2) is 61.3 Å². The molecule has 1 aliphatic heterocycles. The highest BCUT2D eigenvalue weighted by atomic mass is 32.2. The van der Waals surface area contributed by atoms with E-state index >= 15 is 0 Å². The van der Waals surface area contributed by atoms with Gasteiger partial charge in [0.25, 0.3) is 5.91 Å². The molecule has 1 aliphatic rings. The summed E-state index contributed by atoms with van der Waals surface area (Å²) < 4.78 is 32.1. The monoisotopic (exact) mass is 424 g/mol. The number of hydrogen-bond donors (Lipinski definition) is 0. The molecule has 1 heterocycles. The summed E-state index contributed by atoms with van der Waals surface area (Å²) in [5.74, 6) is -0.382. The summed E-state index contributed by atoms with van der Waals surface area (Å²) >= 11 is 0. The van der Waals surface area contributed by atoms with Crippen LogP contribution in [0.5, 0.6) is 0 Å². The van der Waals surface area contributed by atoms with Gasteiger partial charge >= 0.3 is 5.97 Å². The summed E-state index contributed by atoms with van der Waals surface area (Å²) in [6.07, 6.45) is 1.70. The minimum atomic E-state index is -3.56. The number of carbonyl (C=O) groups is 2. The van der Waals surface area contributed by atoms with Crippen LogP contribution in [0, 0.1) is 5.92 Å². The minimum Gasteiger partial charge on any atom is -0.452 e. The lowest BCUT2D eigenvalue weighted by Crippen LogP contribution is -2.44. The van der Waals surface area contributed by atoms with E-state index in [4.69, 9.17) is 4.74 Å². The van der Waals surface area contributed by atoms with Gasteiger partial charge < -0.3 is 9.64 Å². The number of carbonyl (C=O) groups excluding carboxylic acids is 2. The van der Waals surface area contributed by atoms with Crippen molar-refractivity contribution in [1.82, 2.24) is 9.21 Å². The van der Waals surface area contributed by atoms with Crippen LogP contribution in [-0.2, 0) is 19.6 Å². The third-order valence-electron chi connectivity index (χ3n) is 5.20. The summed E-state index contributed by atoms with van der Waals surface area (Å²) in [6, 6.07) is 5.69. The molecule has 2 rings (SSSR count). The Bertz CT molecular complexity index is 802. The lowest BCUT2D eigenvalue weighted by atomic mass is 10.0. The molecule has 1 aromatic carbocycles. The summed E-state index contributed by atoms with van der Waals surface area (Å²) in [5.41, 5.74) is 0.213. The van der Waals surface area contributed by atoms with E-state index in [0.29, 0.717) is 19.0 Å². The predicted molar refractivity (Wildman–Crippen MR) is 111 cm³/mol. The number of rotatable bonds is 7. The number of piperidine rings is 1. The van der Waals surface area contributed by atoms with Gasteiger partial charge in [-0.3, -0.25) is 4.79 Å². The minimum absolute atomic E-state index is 0.00321. The molecule has 8 heteroatoms. The highest BCUT2D eigenvalue weighted by Gasteiger charge is 2.28. The molecule has 0 aliphatic carbocycles. The average Bonchev–Trinajstić information content (AvgIpc) is 2.66. The Labute approximate surface area is 174 Å². The lowest BCUT2D eigenvalue weighted by molar-refractivity contribution is -0.138. The van der Waals surface area contributed by atoms with Gasteiger partial charge in [0.15, 0.2) is 6.61 Å². The molecule has 0 N–H and O–H groups in total. The first-order chi connectivity index (χ1) is 13.5. The van der Waals surface area contributed by atoms with Gasteiger partial charge in [-0.2, -0.15) is 4.31 Å². The number of ether oxygens (including phenoxy) is 1.